The molecule has 1 amide bonds. The largest absolute Gasteiger partial charge is 0.494 e. The summed E-state index contributed by atoms with van der Waals surface area (Å²) in [5.74, 6) is 2.23. The van der Waals surface area contributed by atoms with Crippen LogP contribution in [0.25, 0.3) is 33.6 Å². The van der Waals surface area contributed by atoms with Crippen molar-refractivity contribution in [2.45, 2.75) is 32.4 Å². The molecule has 0 radical (unpaired) electrons. The molecule has 2 aliphatic heterocycles. The van der Waals surface area contributed by atoms with Gasteiger partial charge in [-0.25, -0.2) is 9.97 Å². The lowest BCUT2D eigenvalue weighted by atomic mass is 9.92. The first-order chi connectivity index (χ1) is 16.6. The molecule has 2 saturated heterocycles. The number of hydrogen-bond acceptors (Lipinski definition) is 5. The van der Waals surface area contributed by atoms with Crippen LogP contribution >= 0.6 is 12.4 Å². The highest BCUT2D eigenvalue weighted by molar-refractivity contribution is 6.00. The molecule has 2 atom stereocenters. The molecule has 35 heavy (non-hydrogen) atoms. The number of piperidine rings is 1. The molecule has 0 spiro atoms. The minimum atomic E-state index is 0. The molecule has 0 aliphatic carbocycles. The van der Waals surface area contributed by atoms with Crippen LogP contribution in [-0.2, 0) is 13.6 Å². The fourth-order valence-corrected chi connectivity index (χ4v) is 5.81. The summed E-state index contributed by atoms with van der Waals surface area (Å²) in [4.78, 5) is 25.0. The molecule has 6 rings (SSSR count). The summed E-state index contributed by atoms with van der Waals surface area (Å²) < 4.78 is 9.98. The van der Waals surface area contributed by atoms with Crippen molar-refractivity contribution in [2.24, 2.45) is 13.0 Å². The van der Waals surface area contributed by atoms with Crippen molar-refractivity contribution < 1.29 is 9.53 Å². The van der Waals surface area contributed by atoms with Gasteiger partial charge in [0.15, 0.2) is 5.82 Å². The van der Waals surface area contributed by atoms with Crippen molar-refractivity contribution in [3.8, 4) is 17.3 Å². The molecule has 8 nitrogen and oxygen atoms in total. The number of aryl methyl sites for hydroxylation is 2. The molecule has 184 valence electrons. The Hall–Kier alpha value is -3.10. The van der Waals surface area contributed by atoms with Gasteiger partial charge in [0.25, 0.3) is 5.91 Å². The molecule has 5 heterocycles. The first kappa shape index (κ1) is 23.6. The fraction of sp³-hybridized carbons (Fsp3) is 0.423. The molecule has 3 aromatic heterocycles. The van der Waals surface area contributed by atoms with Gasteiger partial charge in [0, 0.05) is 49.9 Å². The Morgan fingerprint density at radius 3 is 2.91 bits per heavy atom. The third kappa shape index (κ3) is 3.76. The van der Waals surface area contributed by atoms with Gasteiger partial charge in [-0.2, -0.15) is 0 Å². The summed E-state index contributed by atoms with van der Waals surface area (Å²) in [6.45, 7) is 5.52. The molecular weight excluding hydrogens is 464 g/mol. The van der Waals surface area contributed by atoms with Crippen LogP contribution in [0.5, 0.6) is 5.75 Å². The minimum absolute atomic E-state index is 0. The number of methoxy groups -OCH3 is 1. The average molecular weight is 495 g/mol. The SMILES string of the molecule is CCn1c(-c2nc3cc(C(=O)N4CC[C@@H]5CCN[C@@H]5C4)cc(OC)c3n2C)cc2cccnc21.Cl. The Morgan fingerprint density at radius 1 is 1.26 bits per heavy atom. The van der Waals surface area contributed by atoms with Crippen molar-refractivity contribution in [3.05, 3.63) is 42.1 Å². The number of halogens is 1. The Morgan fingerprint density at radius 2 is 2.11 bits per heavy atom. The zero-order chi connectivity index (χ0) is 23.4. The van der Waals surface area contributed by atoms with E-state index >= 15 is 0 Å². The lowest BCUT2D eigenvalue weighted by molar-refractivity contribution is 0.0669. The van der Waals surface area contributed by atoms with E-state index in [2.05, 4.69) is 38.5 Å². The summed E-state index contributed by atoms with van der Waals surface area (Å²) >= 11 is 0. The third-order valence-corrected chi connectivity index (χ3v) is 7.57. The van der Waals surface area contributed by atoms with E-state index in [1.807, 2.05) is 36.3 Å². The zero-order valence-electron chi connectivity index (χ0n) is 20.3. The molecule has 9 heteroatoms. The predicted molar refractivity (Wildman–Crippen MR) is 139 cm³/mol. The van der Waals surface area contributed by atoms with Crippen molar-refractivity contribution in [1.29, 1.82) is 0 Å². The van der Waals surface area contributed by atoms with E-state index < -0.39 is 0 Å². The Bertz CT molecular complexity index is 1410. The molecule has 0 bridgehead atoms. The Balaban J connectivity index is 0.00000253. The lowest BCUT2D eigenvalue weighted by Crippen LogP contribution is -2.48. The summed E-state index contributed by atoms with van der Waals surface area (Å²) in [5, 5.41) is 4.64. The Kier molecular flexibility index (Phi) is 6.19. The van der Waals surface area contributed by atoms with Crippen LogP contribution in [0.15, 0.2) is 36.5 Å². The van der Waals surface area contributed by atoms with Gasteiger partial charge in [-0.05, 0) is 62.6 Å². The number of benzene rings is 1. The highest BCUT2D eigenvalue weighted by Crippen LogP contribution is 2.34. The maximum atomic E-state index is 13.5. The molecular formula is C26H31ClN6O2. The van der Waals surface area contributed by atoms with Crippen LogP contribution in [-0.4, -0.2) is 62.7 Å². The van der Waals surface area contributed by atoms with Gasteiger partial charge in [-0.3, -0.25) is 4.79 Å². The number of imidazole rings is 1. The predicted octanol–water partition coefficient (Wildman–Crippen LogP) is 3.86. The maximum Gasteiger partial charge on any atom is 0.254 e. The van der Waals surface area contributed by atoms with Crippen molar-refractivity contribution >= 4 is 40.4 Å². The summed E-state index contributed by atoms with van der Waals surface area (Å²) in [5.41, 5.74) is 4.21. The van der Waals surface area contributed by atoms with E-state index in [9.17, 15) is 4.79 Å². The topological polar surface area (TPSA) is 77.2 Å². The van der Waals surface area contributed by atoms with Crippen LogP contribution in [0.4, 0.5) is 0 Å². The van der Waals surface area contributed by atoms with Gasteiger partial charge in [-0.15, -0.1) is 12.4 Å². The van der Waals surface area contributed by atoms with Crippen LogP contribution < -0.4 is 10.1 Å². The number of aromatic nitrogens is 4. The van der Waals surface area contributed by atoms with Gasteiger partial charge in [0.1, 0.15) is 16.9 Å². The van der Waals surface area contributed by atoms with Crippen LogP contribution in [0, 0.1) is 5.92 Å². The van der Waals surface area contributed by atoms with E-state index in [-0.39, 0.29) is 18.3 Å². The fourth-order valence-electron chi connectivity index (χ4n) is 5.81. The highest BCUT2D eigenvalue weighted by atomic mass is 35.5. The number of likely N-dealkylation sites (tertiary alicyclic amines) is 1. The molecule has 2 aliphatic rings. The van der Waals surface area contributed by atoms with Crippen LogP contribution in [0.1, 0.15) is 30.1 Å². The molecule has 4 aromatic rings. The molecule has 2 fully saturated rings. The number of rotatable bonds is 4. The number of hydrogen-bond donors (Lipinski definition) is 1. The number of ether oxygens (including phenoxy) is 1. The van der Waals surface area contributed by atoms with Gasteiger partial charge < -0.3 is 24.1 Å². The summed E-state index contributed by atoms with van der Waals surface area (Å²) in [6.07, 6.45) is 4.09. The number of nitrogens with one attached hydrogen (secondary N) is 1. The van der Waals surface area contributed by atoms with E-state index in [0.29, 0.717) is 23.3 Å². The normalized spacial score (nSPS) is 19.7. The first-order valence-electron chi connectivity index (χ1n) is 12.1. The van der Waals surface area contributed by atoms with Crippen LogP contribution in [0.2, 0.25) is 0 Å². The average Bonchev–Trinajstić information content (AvgIpc) is 3.57. The van der Waals surface area contributed by atoms with Gasteiger partial charge in [0.2, 0.25) is 0 Å². The van der Waals surface area contributed by atoms with E-state index in [0.717, 1.165) is 66.2 Å². The minimum Gasteiger partial charge on any atom is -0.494 e. The monoisotopic (exact) mass is 494 g/mol. The number of carbonyl (C=O) groups is 1. The summed E-state index contributed by atoms with van der Waals surface area (Å²) in [7, 11) is 3.65. The smallest absolute Gasteiger partial charge is 0.254 e. The second-order valence-corrected chi connectivity index (χ2v) is 9.38. The van der Waals surface area contributed by atoms with Crippen LogP contribution in [0.3, 0.4) is 0 Å². The molecule has 0 saturated carbocycles. The second kappa shape index (κ2) is 9.17. The van der Waals surface area contributed by atoms with Crippen molar-refractivity contribution in [1.82, 2.24) is 29.3 Å². The van der Waals surface area contributed by atoms with Gasteiger partial charge >= 0.3 is 0 Å². The standard InChI is InChI=1S/C26H30N6O2.ClH/c1-4-32-21(13-17-6-5-9-28-24(17)32)25-29-19-12-18(14-22(34-3)23(19)30(25)2)26(33)31-11-8-16-7-10-27-20(16)15-31;/h5-6,9,12-14,16,20,27H,4,7-8,10-11,15H2,1-3H3;1H/t16-,20+;/m0./s1. The van der Waals surface area contributed by atoms with Crippen molar-refractivity contribution in [2.75, 3.05) is 26.7 Å². The highest BCUT2D eigenvalue weighted by Gasteiger charge is 2.35. The molecule has 1 aromatic carbocycles. The quantitative estimate of drug-likeness (QED) is 0.466. The maximum absolute atomic E-state index is 13.5. The van der Waals surface area contributed by atoms with Gasteiger partial charge in [-0.1, -0.05) is 0 Å². The summed E-state index contributed by atoms with van der Waals surface area (Å²) in [6, 6.07) is 10.3. The van der Waals surface area contributed by atoms with Crippen molar-refractivity contribution in [3.63, 3.8) is 0 Å². The number of pyridine rings is 1. The number of nitrogens with zero attached hydrogens (tertiary/aromatic N) is 5. The number of carbonyl (C=O) groups excluding carboxylic acids is 1. The number of fused-ring (bicyclic) bond motifs is 3. The van der Waals surface area contributed by atoms with Gasteiger partial charge in [0.05, 0.1) is 18.3 Å². The number of amides is 1. The van der Waals surface area contributed by atoms with E-state index in [1.54, 1.807) is 7.11 Å². The van der Waals surface area contributed by atoms with E-state index in [1.165, 1.54) is 6.42 Å². The third-order valence-electron chi connectivity index (χ3n) is 7.57. The lowest BCUT2D eigenvalue weighted by Gasteiger charge is -2.35. The second-order valence-electron chi connectivity index (χ2n) is 9.38. The van der Waals surface area contributed by atoms with E-state index in [4.69, 9.17) is 9.72 Å². The molecule has 0 unspecified atom stereocenters. The Labute approximate surface area is 210 Å². The first-order valence-corrected chi connectivity index (χ1v) is 12.1. The molecule has 1 N–H and O–H groups in total. The zero-order valence-corrected chi connectivity index (χ0v) is 21.1.